The van der Waals surface area contributed by atoms with E-state index in [9.17, 15) is 9.59 Å². The molecule has 112 valence electrons. The summed E-state index contributed by atoms with van der Waals surface area (Å²) >= 11 is 0. The van der Waals surface area contributed by atoms with Gasteiger partial charge in [0.15, 0.2) is 0 Å². The average molecular weight is 280 g/mol. The molecule has 2 unspecified atom stereocenters. The van der Waals surface area contributed by atoms with Gasteiger partial charge in [-0.25, -0.2) is 0 Å². The lowest BCUT2D eigenvalue weighted by Gasteiger charge is -2.27. The Morgan fingerprint density at radius 2 is 1.70 bits per heavy atom. The number of fused-ring (bicyclic) bond motifs is 1. The maximum absolute atomic E-state index is 12.1. The quantitative estimate of drug-likeness (QED) is 0.777. The fraction of sp³-hybridized carbons (Fsp3) is 0.867. The van der Waals surface area contributed by atoms with Crippen LogP contribution in [-0.2, 0) is 14.3 Å². The minimum Gasteiger partial charge on any atom is -0.376 e. The van der Waals surface area contributed by atoms with Crippen LogP contribution in [0.25, 0.3) is 0 Å². The van der Waals surface area contributed by atoms with Crippen molar-refractivity contribution in [3.8, 4) is 0 Å². The summed E-state index contributed by atoms with van der Waals surface area (Å²) in [5.74, 6) is -0.163. The number of likely N-dealkylation sites (tertiary alicyclic amines) is 1. The number of piperidine rings is 1. The second-order valence-electron chi connectivity index (χ2n) is 7.01. The van der Waals surface area contributed by atoms with Gasteiger partial charge in [-0.2, -0.15) is 0 Å². The van der Waals surface area contributed by atoms with Crippen molar-refractivity contribution in [2.45, 2.75) is 51.7 Å². The number of hydrogen-bond acceptors (Lipinski definition) is 4. The molecule has 0 bridgehead atoms. The van der Waals surface area contributed by atoms with Gasteiger partial charge in [0.1, 0.15) is 0 Å². The lowest BCUT2D eigenvalue weighted by atomic mass is 9.94. The predicted octanol–water partition coefficient (Wildman–Crippen LogP) is 0.914. The van der Waals surface area contributed by atoms with Crippen molar-refractivity contribution >= 4 is 11.8 Å². The van der Waals surface area contributed by atoms with Crippen molar-refractivity contribution in [3.63, 3.8) is 0 Å². The largest absolute Gasteiger partial charge is 0.376 e. The average Bonchev–Trinajstić information content (AvgIpc) is 2.87. The normalized spacial score (nSPS) is 39.0. The Hall–Kier alpha value is -0.940. The van der Waals surface area contributed by atoms with E-state index in [1.165, 1.54) is 4.90 Å². The highest BCUT2D eigenvalue weighted by atomic mass is 16.5. The number of carbonyl (C=O) groups excluding carboxylic acids is 2. The molecule has 20 heavy (non-hydrogen) atoms. The molecule has 0 aromatic rings. The van der Waals surface area contributed by atoms with E-state index in [1.54, 1.807) is 0 Å². The van der Waals surface area contributed by atoms with Gasteiger partial charge in [0, 0.05) is 6.04 Å². The topological polar surface area (TPSA) is 72.6 Å². The van der Waals surface area contributed by atoms with Gasteiger partial charge in [0.25, 0.3) is 0 Å². The monoisotopic (exact) mass is 280 g/mol. The summed E-state index contributed by atoms with van der Waals surface area (Å²) < 4.78 is 5.79. The summed E-state index contributed by atoms with van der Waals surface area (Å²) in [5, 5.41) is 0. The molecule has 1 aliphatic heterocycles. The van der Waals surface area contributed by atoms with Gasteiger partial charge >= 0.3 is 0 Å². The summed E-state index contributed by atoms with van der Waals surface area (Å²) in [6.07, 6.45) is 4.23. The van der Waals surface area contributed by atoms with Crippen LogP contribution in [0, 0.1) is 17.3 Å². The second-order valence-corrected chi connectivity index (χ2v) is 7.01. The molecule has 2 aliphatic carbocycles. The zero-order valence-corrected chi connectivity index (χ0v) is 12.3. The Bertz CT molecular complexity index is 403. The molecule has 0 spiro atoms. The maximum Gasteiger partial charge on any atom is 0.233 e. The Morgan fingerprint density at radius 3 is 2.25 bits per heavy atom. The molecular formula is C15H24N2O3. The molecule has 2 saturated carbocycles. The number of carbonyl (C=O) groups is 2. The molecule has 1 saturated heterocycles. The number of amides is 2. The highest BCUT2D eigenvalue weighted by Gasteiger charge is 2.72. The van der Waals surface area contributed by atoms with Crippen LogP contribution in [0.5, 0.6) is 0 Å². The Morgan fingerprint density at radius 1 is 1.15 bits per heavy atom. The molecular weight excluding hydrogens is 256 g/mol. The van der Waals surface area contributed by atoms with Gasteiger partial charge in [0.05, 0.1) is 31.1 Å². The fourth-order valence-corrected chi connectivity index (χ4v) is 3.79. The number of rotatable bonds is 4. The van der Waals surface area contributed by atoms with Crippen LogP contribution < -0.4 is 5.73 Å². The van der Waals surface area contributed by atoms with Gasteiger partial charge in [-0.15, -0.1) is 0 Å². The van der Waals surface area contributed by atoms with E-state index in [1.807, 2.05) is 13.8 Å². The van der Waals surface area contributed by atoms with Crippen LogP contribution >= 0.6 is 0 Å². The molecule has 0 radical (unpaired) electrons. The molecule has 2 amide bonds. The highest BCUT2D eigenvalue weighted by molar-refractivity contribution is 6.10. The molecule has 3 fully saturated rings. The first kappa shape index (κ1) is 14.0. The minimum atomic E-state index is -0.120. The minimum absolute atomic E-state index is 0.000679. The first-order valence-electron chi connectivity index (χ1n) is 7.65. The standard InChI is InChI=1S/C15H24N2O3/c1-15(2)11-12(15)14(19)17(13(11)18)7-8-20-10-5-3-9(16)4-6-10/h9-12H,3-8,16H2,1-2H3. The van der Waals surface area contributed by atoms with E-state index < -0.39 is 0 Å². The summed E-state index contributed by atoms with van der Waals surface area (Å²) in [4.78, 5) is 25.7. The lowest BCUT2D eigenvalue weighted by molar-refractivity contribution is -0.144. The number of hydrogen-bond donors (Lipinski definition) is 1. The second kappa shape index (κ2) is 4.81. The lowest BCUT2D eigenvalue weighted by Crippen LogP contribution is -2.39. The summed E-state index contributed by atoms with van der Waals surface area (Å²) in [5.41, 5.74) is 5.73. The van der Waals surface area contributed by atoms with Gasteiger partial charge in [-0.3, -0.25) is 14.5 Å². The number of ether oxygens (including phenoxy) is 1. The third-order valence-electron chi connectivity index (χ3n) is 5.28. The van der Waals surface area contributed by atoms with Crippen molar-refractivity contribution in [2.24, 2.45) is 23.0 Å². The number of nitrogens with two attached hydrogens (primary N) is 1. The van der Waals surface area contributed by atoms with Gasteiger partial charge in [0.2, 0.25) is 11.8 Å². The van der Waals surface area contributed by atoms with Crippen LogP contribution in [0.3, 0.4) is 0 Å². The molecule has 5 heteroatoms. The van der Waals surface area contributed by atoms with Crippen molar-refractivity contribution in [2.75, 3.05) is 13.2 Å². The molecule has 0 aromatic carbocycles. The van der Waals surface area contributed by atoms with Crippen LogP contribution in [0.4, 0.5) is 0 Å². The molecule has 1 heterocycles. The SMILES string of the molecule is CC1(C)C2C(=O)N(CCOC3CCC(N)CC3)C(=O)C21. The molecule has 3 rings (SSSR count). The highest BCUT2D eigenvalue weighted by Crippen LogP contribution is 2.63. The molecule has 0 aromatic heterocycles. The van der Waals surface area contributed by atoms with E-state index in [0.717, 1.165) is 25.7 Å². The van der Waals surface area contributed by atoms with E-state index >= 15 is 0 Å². The first-order chi connectivity index (χ1) is 9.43. The molecule has 2 atom stereocenters. The van der Waals surface area contributed by atoms with Gasteiger partial charge < -0.3 is 10.5 Å². The van der Waals surface area contributed by atoms with Crippen molar-refractivity contribution < 1.29 is 14.3 Å². The van der Waals surface area contributed by atoms with Crippen molar-refractivity contribution in [1.82, 2.24) is 4.90 Å². The van der Waals surface area contributed by atoms with Crippen molar-refractivity contribution in [3.05, 3.63) is 0 Å². The number of nitrogens with zero attached hydrogens (tertiary/aromatic N) is 1. The third-order valence-corrected chi connectivity index (χ3v) is 5.28. The van der Waals surface area contributed by atoms with E-state index in [4.69, 9.17) is 10.5 Å². The summed E-state index contributed by atoms with van der Waals surface area (Å²) in [6.45, 7) is 4.86. The first-order valence-corrected chi connectivity index (χ1v) is 7.65. The Kier molecular flexibility index (Phi) is 3.37. The molecule has 5 nitrogen and oxygen atoms in total. The van der Waals surface area contributed by atoms with E-state index in [-0.39, 0.29) is 35.2 Å². The van der Waals surface area contributed by atoms with Gasteiger partial charge in [-0.1, -0.05) is 13.8 Å². The van der Waals surface area contributed by atoms with Crippen molar-refractivity contribution in [1.29, 1.82) is 0 Å². The van der Waals surface area contributed by atoms with E-state index in [0.29, 0.717) is 19.2 Å². The smallest absolute Gasteiger partial charge is 0.233 e. The van der Waals surface area contributed by atoms with E-state index in [2.05, 4.69) is 0 Å². The molecule has 2 N–H and O–H groups in total. The van der Waals surface area contributed by atoms with Crippen LogP contribution in [0.15, 0.2) is 0 Å². The predicted molar refractivity (Wildman–Crippen MR) is 73.7 cm³/mol. The summed E-state index contributed by atoms with van der Waals surface area (Å²) in [6, 6.07) is 0.311. The summed E-state index contributed by atoms with van der Waals surface area (Å²) in [7, 11) is 0. The van der Waals surface area contributed by atoms with Crippen LogP contribution in [0.1, 0.15) is 39.5 Å². The Labute approximate surface area is 119 Å². The third kappa shape index (κ3) is 2.17. The zero-order chi connectivity index (χ0) is 14.5. The van der Waals surface area contributed by atoms with Crippen LogP contribution in [-0.4, -0.2) is 42.0 Å². The maximum atomic E-state index is 12.1. The van der Waals surface area contributed by atoms with Gasteiger partial charge in [-0.05, 0) is 31.1 Å². The fourth-order valence-electron chi connectivity index (χ4n) is 3.79. The molecule has 3 aliphatic rings. The van der Waals surface area contributed by atoms with Crippen LogP contribution in [0.2, 0.25) is 0 Å². The number of imide groups is 1. The Balaban J connectivity index is 1.44. The zero-order valence-electron chi connectivity index (χ0n) is 12.3.